The molecule has 0 bridgehead atoms. The van der Waals surface area contributed by atoms with E-state index in [0.29, 0.717) is 31.9 Å². The zero-order valence-electron chi connectivity index (χ0n) is 16.0. The van der Waals surface area contributed by atoms with E-state index in [0.717, 1.165) is 17.0 Å². The number of pyridine rings is 1. The normalized spacial score (nSPS) is 13.1. The fourth-order valence-electron chi connectivity index (χ4n) is 3.30. The highest BCUT2D eigenvalue weighted by Gasteiger charge is 2.28. The lowest BCUT2D eigenvalue weighted by Crippen LogP contribution is -2.39. The van der Waals surface area contributed by atoms with Crippen LogP contribution >= 0.6 is 0 Å². The Kier molecular flexibility index (Phi) is 5.24. The number of hydrogen-bond donors (Lipinski definition) is 1. The van der Waals surface area contributed by atoms with Crippen molar-refractivity contribution in [3.05, 3.63) is 77.4 Å². The van der Waals surface area contributed by atoms with Crippen molar-refractivity contribution in [1.29, 1.82) is 0 Å². The third kappa shape index (κ3) is 3.96. The van der Waals surface area contributed by atoms with Gasteiger partial charge in [-0.25, -0.2) is 0 Å². The number of carbonyl (C=O) groups is 2. The Balaban J connectivity index is 1.46. The van der Waals surface area contributed by atoms with Crippen LogP contribution in [0.3, 0.4) is 0 Å². The van der Waals surface area contributed by atoms with Crippen molar-refractivity contribution in [2.45, 2.75) is 19.6 Å². The number of benzene rings is 1. The lowest BCUT2D eigenvalue weighted by molar-refractivity contribution is 0.0681. The standard InChI is InChI=1S/C21H21N5O3/c1-29-19-8-3-2-6-15(19)14-25-10-11-26-18(21(25)28)12-17(24-26)20(27)23-13-16-7-4-5-9-22-16/h2-9,12H,10-11,13-14H2,1H3,(H,23,27). The Morgan fingerprint density at radius 2 is 2.00 bits per heavy atom. The fraction of sp³-hybridized carbons (Fsp3) is 0.238. The van der Waals surface area contributed by atoms with Gasteiger partial charge in [0.05, 0.1) is 25.9 Å². The van der Waals surface area contributed by atoms with Crippen molar-refractivity contribution in [1.82, 2.24) is 25.0 Å². The van der Waals surface area contributed by atoms with Crippen LogP contribution in [0.4, 0.5) is 0 Å². The number of carbonyl (C=O) groups excluding carboxylic acids is 2. The van der Waals surface area contributed by atoms with Crippen molar-refractivity contribution in [3.63, 3.8) is 0 Å². The summed E-state index contributed by atoms with van der Waals surface area (Å²) in [5.41, 5.74) is 2.33. The summed E-state index contributed by atoms with van der Waals surface area (Å²) in [4.78, 5) is 31.3. The highest BCUT2D eigenvalue weighted by molar-refractivity contribution is 5.98. The number of para-hydroxylation sites is 1. The predicted octanol–water partition coefficient (Wildman–Crippen LogP) is 1.87. The molecule has 0 saturated carbocycles. The molecule has 0 fully saturated rings. The quantitative estimate of drug-likeness (QED) is 0.693. The zero-order chi connectivity index (χ0) is 20.2. The van der Waals surface area contributed by atoms with Gasteiger partial charge in [-0.05, 0) is 18.2 Å². The van der Waals surface area contributed by atoms with Crippen LogP contribution in [0.5, 0.6) is 5.75 Å². The number of nitrogens with zero attached hydrogens (tertiary/aromatic N) is 4. The molecule has 1 N–H and O–H groups in total. The van der Waals surface area contributed by atoms with Crippen LogP contribution in [0.25, 0.3) is 0 Å². The molecule has 0 spiro atoms. The SMILES string of the molecule is COc1ccccc1CN1CCn2nc(C(=O)NCc3ccccn3)cc2C1=O. The molecule has 4 rings (SSSR count). The Morgan fingerprint density at radius 1 is 1.17 bits per heavy atom. The van der Waals surface area contributed by atoms with Gasteiger partial charge in [0.15, 0.2) is 5.69 Å². The van der Waals surface area contributed by atoms with E-state index in [1.54, 1.807) is 29.0 Å². The van der Waals surface area contributed by atoms with E-state index in [1.165, 1.54) is 0 Å². The molecule has 0 aliphatic carbocycles. The molecule has 1 aliphatic heterocycles. The van der Waals surface area contributed by atoms with Gasteiger partial charge in [0.25, 0.3) is 11.8 Å². The first kappa shape index (κ1) is 18.7. The first-order valence-electron chi connectivity index (χ1n) is 9.33. The summed E-state index contributed by atoms with van der Waals surface area (Å²) in [5, 5.41) is 7.09. The molecule has 3 aromatic rings. The van der Waals surface area contributed by atoms with Crippen LogP contribution in [0.1, 0.15) is 32.2 Å². The van der Waals surface area contributed by atoms with Crippen molar-refractivity contribution < 1.29 is 14.3 Å². The number of rotatable bonds is 6. The number of methoxy groups -OCH3 is 1. The summed E-state index contributed by atoms with van der Waals surface area (Å²) in [5.74, 6) is 0.258. The Bertz CT molecular complexity index is 1030. The minimum Gasteiger partial charge on any atom is -0.496 e. The topological polar surface area (TPSA) is 89.3 Å². The maximum Gasteiger partial charge on any atom is 0.272 e. The summed E-state index contributed by atoms with van der Waals surface area (Å²) >= 11 is 0. The lowest BCUT2D eigenvalue weighted by atomic mass is 10.1. The second-order valence-electron chi connectivity index (χ2n) is 6.68. The number of amides is 2. The van der Waals surface area contributed by atoms with Crippen molar-refractivity contribution in [2.24, 2.45) is 0 Å². The van der Waals surface area contributed by atoms with Crippen molar-refractivity contribution in [2.75, 3.05) is 13.7 Å². The summed E-state index contributed by atoms with van der Waals surface area (Å²) < 4.78 is 6.97. The maximum absolute atomic E-state index is 12.9. The number of fused-ring (bicyclic) bond motifs is 1. The fourth-order valence-corrected chi connectivity index (χ4v) is 3.30. The van der Waals surface area contributed by atoms with Crippen LogP contribution < -0.4 is 10.1 Å². The second kappa shape index (κ2) is 8.14. The Labute approximate surface area is 168 Å². The highest BCUT2D eigenvalue weighted by Crippen LogP contribution is 2.22. The van der Waals surface area contributed by atoms with E-state index < -0.39 is 0 Å². The van der Waals surface area contributed by atoms with E-state index in [-0.39, 0.29) is 17.5 Å². The van der Waals surface area contributed by atoms with Crippen LogP contribution in [-0.2, 0) is 19.6 Å². The van der Waals surface area contributed by atoms with Gasteiger partial charge in [-0.15, -0.1) is 0 Å². The molecular weight excluding hydrogens is 370 g/mol. The molecule has 3 heterocycles. The molecule has 29 heavy (non-hydrogen) atoms. The predicted molar refractivity (Wildman–Crippen MR) is 105 cm³/mol. The minimum atomic E-state index is -0.332. The molecule has 0 unspecified atom stereocenters. The van der Waals surface area contributed by atoms with Gasteiger partial charge in [0.2, 0.25) is 0 Å². The minimum absolute atomic E-state index is 0.154. The molecule has 0 atom stereocenters. The number of ether oxygens (including phenoxy) is 1. The maximum atomic E-state index is 12.9. The molecule has 1 aliphatic rings. The van der Waals surface area contributed by atoms with Gasteiger partial charge in [0, 0.05) is 30.9 Å². The van der Waals surface area contributed by atoms with E-state index in [4.69, 9.17) is 4.74 Å². The Hall–Kier alpha value is -3.68. The van der Waals surface area contributed by atoms with E-state index in [9.17, 15) is 9.59 Å². The van der Waals surface area contributed by atoms with Gasteiger partial charge in [-0.3, -0.25) is 19.3 Å². The summed E-state index contributed by atoms with van der Waals surface area (Å²) in [7, 11) is 1.61. The zero-order valence-corrected chi connectivity index (χ0v) is 16.0. The first-order valence-corrected chi connectivity index (χ1v) is 9.33. The van der Waals surface area contributed by atoms with Crippen LogP contribution in [-0.4, -0.2) is 45.1 Å². The van der Waals surface area contributed by atoms with Crippen molar-refractivity contribution in [3.8, 4) is 5.75 Å². The van der Waals surface area contributed by atoms with Gasteiger partial charge < -0.3 is 15.0 Å². The van der Waals surface area contributed by atoms with Crippen molar-refractivity contribution >= 4 is 11.8 Å². The molecule has 2 amide bonds. The van der Waals surface area contributed by atoms with Crippen LogP contribution in [0.15, 0.2) is 54.7 Å². The van der Waals surface area contributed by atoms with Crippen LogP contribution in [0, 0.1) is 0 Å². The smallest absolute Gasteiger partial charge is 0.272 e. The molecule has 2 aromatic heterocycles. The number of hydrogen-bond acceptors (Lipinski definition) is 5. The molecule has 8 heteroatoms. The first-order chi connectivity index (χ1) is 14.2. The molecule has 1 aromatic carbocycles. The van der Waals surface area contributed by atoms with E-state index >= 15 is 0 Å². The van der Waals surface area contributed by atoms with Crippen LogP contribution in [0.2, 0.25) is 0 Å². The van der Waals surface area contributed by atoms with Gasteiger partial charge in [-0.2, -0.15) is 5.10 Å². The largest absolute Gasteiger partial charge is 0.496 e. The third-order valence-electron chi connectivity index (χ3n) is 4.81. The molecule has 0 saturated heterocycles. The third-order valence-corrected chi connectivity index (χ3v) is 4.81. The van der Waals surface area contributed by atoms with E-state index in [1.807, 2.05) is 42.5 Å². The summed E-state index contributed by atoms with van der Waals surface area (Å²) in [6.07, 6.45) is 1.67. The monoisotopic (exact) mass is 391 g/mol. The summed E-state index contributed by atoms with van der Waals surface area (Å²) in [6.45, 7) is 1.79. The van der Waals surface area contributed by atoms with Gasteiger partial charge >= 0.3 is 0 Å². The molecule has 8 nitrogen and oxygen atoms in total. The average molecular weight is 391 g/mol. The Morgan fingerprint density at radius 3 is 2.79 bits per heavy atom. The molecule has 148 valence electrons. The average Bonchev–Trinajstić information content (AvgIpc) is 3.20. The lowest BCUT2D eigenvalue weighted by Gasteiger charge is -2.28. The number of nitrogens with one attached hydrogen (secondary N) is 1. The molecule has 0 radical (unpaired) electrons. The second-order valence-corrected chi connectivity index (χ2v) is 6.68. The number of aromatic nitrogens is 3. The highest BCUT2D eigenvalue weighted by atomic mass is 16.5. The summed E-state index contributed by atoms with van der Waals surface area (Å²) in [6, 6.07) is 14.7. The van der Waals surface area contributed by atoms with E-state index in [2.05, 4.69) is 15.4 Å². The van der Waals surface area contributed by atoms with Gasteiger partial charge in [-0.1, -0.05) is 24.3 Å². The van der Waals surface area contributed by atoms with Gasteiger partial charge in [0.1, 0.15) is 11.4 Å². The molecular formula is C21H21N5O3.